The number of aliphatic hydroxyl groups is 1. The fourth-order valence-corrected chi connectivity index (χ4v) is 3.32. The first-order valence-corrected chi connectivity index (χ1v) is 9.05. The van der Waals surface area contributed by atoms with Crippen LogP contribution in [0, 0.1) is 0 Å². The first-order chi connectivity index (χ1) is 10.7. The van der Waals surface area contributed by atoms with Crippen LogP contribution < -0.4 is 0 Å². The zero-order valence-corrected chi connectivity index (χ0v) is 14.2. The van der Waals surface area contributed by atoms with Crippen molar-refractivity contribution in [2.45, 2.75) is 77.3 Å². The third-order valence-corrected chi connectivity index (χ3v) is 4.61. The van der Waals surface area contributed by atoms with Gasteiger partial charge in [0.2, 0.25) is 0 Å². The van der Waals surface area contributed by atoms with Crippen LogP contribution in [0.25, 0.3) is 0 Å². The first-order valence-electron chi connectivity index (χ1n) is 9.05. The molecule has 1 saturated heterocycles. The highest BCUT2D eigenvalue weighted by Crippen LogP contribution is 2.21. The van der Waals surface area contributed by atoms with E-state index >= 15 is 0 Å². The van der Waals surface area contributed by atoms with Crippen LogP contribution in [0.2, 0.25) is 0 Å². The van der Waals surface area contributed by atoms with Gasteiger partial charge in [0.05, 0.1) is 12.8 Å². The number of carbonyl (C=O) groups is 1. The molecule has 1 rings (SSSR count). The highest BCUT2D eigenvalue weighted by atomic mass is 16.4. The summed E-state index contributed by atoms with van der Waals surface area (Å²) in [5.74, 6) is 0. The first kappa shape index (κ1) is 19.2. The van der Waals surface area contributed by atoms with Crippen molar-refractivity contribution in [1.29, 1.82) is 0 Å². The van der Waals surface area contributed by atoms with Crippen molar-refractivity contribution < 1.29 is 15.0 Å². The van der Waals surface area contributed by atoms with Gasteiger partial charge in [-0.15, -0.1) is 0 Å². The van der Waals surface area contributed by atoms with E-state index in [9.17, 15) is 9.90 Å². The van der Waals surface area contributed by atoms with E-state index in [1.807, 2.05) is 0 Å². The summed E-state index contributed by atoms with van der Waals surface area (Å²) in [5, 5.41) is 18.3. The predicted octanol–water partition coefficient (Wildman–Crippen LogP) is 3.52. The number of carboxylic acid groups (broad SMARTS) is 1. The Bertz CT molecular complexity index is 300. The molecule has 1 aliphatic heterocycles. The summed E-state index contributed by atoms with van der Waals surface area (Å²) in [6, 6.07) is 0. The molecule has 1 heterocycles. The molecule has 130 valence electrons. The van der Waals surface area contributed by atoms with E-state index in [0.717, 1.165) is 19.4 Å². The SMILES string of the molecule is CCCCCCCCCCCC1N(CCO)CCN1C(=O)O. The van der Waals surface area contributed by atoms with E-state index in [-0.39, 0.29) is 12.8 Å². The number of nitrogens with zero attached hydrogens (tertiary/aromatic N) is 2. The van der Waals surface area contributed by atoms with E-state index in [0.29, 0.717) is 13.1 Å². The molecule has 2 N–H and O–H groups in total. The summed E-state index contributed by atoms with van der Waals surface area (Å²) < 4.78 is 0. The quantitative estimate of drug-likeness (QED) is 0.541. The van der Waals surface area contributed by atoms with Crippen LogP contribution >= 0.6 is 0 Å². The summed E-state index contributed by atoms with van der Waals surface area (Å²) in [4.78, 5) is 14.9. The Labute approximate surface area is 135 Å². The van der Waals surface area contributed by atoms with E-state index < -0.39 is 6.09 Å². The van der Waals surface area contributed by atoms with Gasteiger partial charge in [-0.2, -0.15) is 0 Å². The molecule has 1 amide bonds. The largest absolute Gasteiger partial charge is 0.465 e. The van der Waals surface area contributed by atoms with Crippen molar-refractivity contribution >= 4 is 6.09 Å². The van der Waals surface area contributed by atoms with Crippen LogP contribution in [-0.2, 0) is 0 Å². The van der Waals surface area contributed by atoms with Gasteiger partial charge in [-0.3, -0.25) is 9.80 Å². The Balaban J connectivity index is 2.13. The van der Waals surface area contributed by atoms with Gasteiger partial charge in [0.25, 0.3) is 0 Å². The maximum Gasteiger partial charge on any atom is 0.408 e. The molecule has 22 heavy (non-hydrogen) atoms. The van der Waals surface area contributed by atoms with Crippen molar-refractivity contribution in [2.75, 3.05) is 26.2 Å². The number of rotatable bonds is 12. The van der Waals surface area contributed by atoms with Gasteiger partial charge in [-0.1, -0.05) is 64.7 Å². The maximum atomic E-state index is 11.3. The van der Waals surface area contributed by atoms with Gasteiger partial charge >= 0.3 is 6.09 Å². The Kier molecular flexibility index (Phi) is 10.2. The highest BCUT2D eigenvalue weighted by molar-refractivity contribution is 5.65. The monoisotopic (exact) mass is 314 g/mol. The Morgan fingerprint density at radius 2 is 1.59 bits per heavy atom. The zero-order valence-electron chi connectivity index (χ0n) is 14.2. The molecule has 0 aromatic heterocycles. The standard InChI is InChI=1S/C17H34N2O3/c1-2-3-4-5-6-7-8-9-10-11-16-18(14-15-20)12-13-19(16)17(21)22/h16,20H,2-15H2,1H3,(H,21,22). The summed E-state index contributed by atoms with van der Waals surface area (Å²) in [6.45, 7) is 4.23. The number of unbranched alkanes of at least 4 members (excludes halogenated alkanes) is 8. The minimum Gasteiger partial charge on any atom is -0.465 e. The molecular formula is C17H34N2O3. The van der Waals surface area contributed by atoms with Crippen LogP contribution in [0.4, 0.5) is 4.79 Å². The van der Waals surface area contributed by atoms with Crippen molar-refractivity contribution in [3.8, 4) is 0 Å². The second-order valence-electron chi connectivity index (χ2n) is 6.33. The van der Waals surface area contributed by atoms with E-state index in [2.05, 4.69) is 11.8 Å². The second kappa shape index (κ2) is 11.7. The molecule has 0 bridgehead atoms. The zero-order chi connectivity index (χ0) is 16.2. The molecule has 0 aromatic carbocycles. The molecular weight excluding hydrogens is 280 g/mol. The van der Waals surface area contributed by atoms with Crippen molar-refractivity contribution in [3.05, 3.63) is 0 Å². The van der Waals surface area contributed by atoms with Gasteiger partial charge in [-0.05, 0) is 6.42 Å². The normalized spacial score (nSPS) is 19.0. The molecule has 1 aliphatic rings. The van der Waals surface area contributed by atoms with Crippen LogP contribution in [0.15, 0.2) is 0 Å². The lowest BCUT2D eigenvalue weighted by atomic mass is 10.1. The minimum absolute atomic E-state index is 0.0331. The Morgan fingerprint density at radius 3 is 2.14 bits per heavy atom. The highest BCUT2D eigenvalue weighted by Gasteiger charge is 2.33. The van der Waals surface area contributed by atoms with Crippen molar-refractivity contribution in [2.24, 2.45) is 0 Å². The second-order valence-corrected chi connectivity index (χ2v) is 6.33. The molecule has 0 spiro atoms. The molecule has 0 radical (unpaired) electrons. The molecule has 0 saturated carbocycles. The van der Waals surface area contributed by atoms with Crippen molar-refractivity contribution in [3.63, 3.8) is 0 Å². The summed E-state index contributed by atoms with van der Waals surface area (Å²) in [7, 11) is 0. The van der Waals surface area contributed by atoms with Crippen LogP contribution in [-0.4, -0.2) is 58.5 Å². The van der Waals surface area contributed by atoms with E-state index in [4.69, 9.17) is 5.11 Å². The molecule has 5 nitrogen and oxygen atoms in total. The van der Waals surface area contributed by atoms with E-state index in [1.165, 1.54) is 56.3 Å². The van der Waals surface area contributed by atoms with Gasteiger partial charge in [0, 0.05) is 19.6 Å². The fourth-order valence-electron chi connectivity index (χ4n) is 3.32. The van der Waals surface area contributed by atoms with E-state index in [1.54, 1.807) is 0 Å². The van der Waals surface area contributed by atoms with Crippen LogP contribution in [0.3, 0.4) is 0 Å². The number of hydrogen-bond donors (Lipinski definition) is 2. The van der Waals surface area contributed by atoms with Gasteiger partial charge in [-0.25, -0.2) is 4.79 Å². The number of aliphatic hydroxyl groups excluding tert-OH is 1. The minimum atomic E-state index is -0.832. The molecule has 1 fully saturated rings. The lowest BCUT2D eigenvalue weighted by molar-refractivity contribution is 0.0906. The molecule has 1 unspecified atom stereocenters. The summed E-state index contributed by atoms with van der Waals surface area (Å²) in [6.07, 6.45) is 11.5. The molecule has 1 atom stereocenters. The van der Waals surface area contributed by atoms with Crippen molar-refractivity contribution in [1.82, 2.24) is 9.80 Å². The number of β-amino-alcohol motifs (C(OH)–C–C–N with tert-alkyl or cyclic N) is 1. The molecule has 5 heteroatoms. The average molecular weight is 314 g/mol. The Hall–Kier alpha value is -0.810. The summed E-state index contributed by atoms with van der Waals surface area (Å²) in [5.41, 5.74) is 0. The topological polar surface area (TPSA) is 64.0 Å². The van der Waals surface area contributed by atoms with Crippen LogP contribution in [0.5, 0.6) is 0 Å². The molecule has 0 aliphatic carbocycles. The van der Waals surface area contributed by atoms with Gasteiger partial charge in [0.1, 0.15) is 0 Å². The smallest absolute Gasteiger partial charge is 0.408 e. The lowest BCUT2D eigenvalue weighted by Crippen LogP contribution is -2.42. The van der Waals surface area contributed by atoms with Gasteiger partial charge in [0.15, 0.2) is 0 Å². The van der Waals surface area contributed by atoms with Gasteiger partial charge < -0.3 is 10.2 Å². The number of hydrogen-bond acceptors (Lipinski definition) is 3. The fraction of sp³-hybridized carbons (Fsp3) is 0.941. The third-order valence-electron chi connectivity index (χ3n) is 4.61. The lowest BCUT2D eigenvalue weighted by Gasteiger charge is -2.28. The third kappa shape index (κ3) is 6.97. The number of amides is 1. The summed E-state index contributed by atoms with van der Waals surface area (Å²) >= 11 is 0. The average Bonchev–Trinajstić information content (AvgIpc) is 2.89. The Morgan fingerprint density at radius 1 is 1.00 bits per heavy atom. The predicted molar refractivity (Wildman–Crippen MR) is 89.0 cm³/mol. The maximum absolute atomic E-state index is 11.3. The van der Waals surface area contributed by atoms with Crippen LogP contribution in [0.1, 0.15) is 71.1 Å². The molecule has 0 aromatic rings.